The highest BCUT2D eigenvalue weighted by Gasteiger charge is 2.45. The number of alkyl halides is 2. The first-order chi connectivity index (χ1) is 16.5. The lowest BCUT2D eigenvalue weighted by Gasteiger charge is -2.45. The first-order valence-corrected chi connectivity index (χ1v) is 11.4. The van der Waals surface area contributed by atoms with Crippen molar-refractivity contribution >= 4 is 28.4 Å². The van der Waals surface area contributed by atoms with Gasteiger partial charge in [0.25, 0.3) is 5.92 Å². The standard InChI is InChI=1S/C27H25ClF2N2O3/c1-5-27(34,20-14-32(15-20)16(2)33)19-10-11-23-21(13-19)24(28)22(25(31-23)35-4)12-17-6-8-18(9-7-17)26(3,29)30/h1,6-11,13,20,34H,12,14-15H2,2-4H3. The summed E-state index contributed by atoms with van der Waals surface area (Å²) in [5, 5.41) is 12.3. The van der Waals surface area contributed by atoms with Gasteiger partial charge in [-0.05, 0) is 23.3 Å². The summed E-state index contributed by atoms with van der Waals surface area (Å²) in [4.78, 5) is 17.8. The number of halogens is 3. The lowest BCUT2D eigenvalue weighted by atomic mass is 9.77. The normalized spacial score (nSPS) is 15.9. The zero-order valence-corrected chi connectivity index (χ0v) is 20.4. The maximum atomic E-state index is 13.6. The van der Waals surface area contributed by atoms with E-state index >= 15 is 0 Å². The molecule has 0 radical (unpaired) electrons. The first-order valence-electron chi connectivity index (χ1n) is 11.1. The summed E-state index contributed by atoms with van der Waals surface area (Å²) < 4.78 is 32.6. The molecule has 1 saturated heterocycles. The Bertz CT molecular complexity index is 1330. The predicted molar refractivity (Wildman–Crippen MR) is 131 cm³/mol. The van der Waals surface area contributed by atoms with Crippen LogP contribution in [0, 0.1) is 18.3 Å². The monoisotopic (exact) mass is 498 g/mol. The molecule has 5 nitrogen and oxygen atoms in total. The van der Waals surface area contributed by atoms with E-state index in [4.69, 9.17) is 22.8 Å². The van der Waals surface area contributed by atoms with Gasteiger partial charge >= 0.3 is 0 Å². The van der Waals surface area contributed by atoms with Crippen LogP contribution in [0.2, 0.25) is 5.02 Å². The van der Waals surface area contributed by atoms with Crippen LogP contribution in [0.5, 0.6) is 5.88 Å². The van der Waals surface area contributed by atoms with E-state index in [0.717, 1.165) is 12.5 Å². The Morgan fingerprint density at radius 1 is 1.26 bits per heavy atom. The van der Waals surface area contributed by atoms with Crippen molar-refractivity contribution in [1.29, 1.82) is 0 Å². The molecule has 0 aliphatic carbocycles. The molecule has 1 aliphatic heterocycles. The Morgan fingerprint density at radius 2 is 1.89 bits per heavy atom. The summed E-state index contributed by atoms with van der Waals surface area (Å²) in [5.74, 6) is -0.483. The van der Waals surface area contributed by atoms with Crippen molar-refractivity contribution in [1.82, 2.24) is 9.88 Å². The van der Waals surface area contributed by atoms with Gasteiger partial charge in [0, 0.05) is 55.8 Å². The van der Waals surface area contributed by atoms with Gasteiger partial charge in [-0.15, -0.1) is 6.42 Å². The van der Waals surface area contributed by atoms with Gasteiger partial charge in [0.2, 0.25) is 11.8 Å². The maximum absolute atomic E-state index is 13.6. The second-order valence-corrected chi connectivity index (χ2v) is 9.32. The molecule has 1 aliphatic rings. The van der Waals surface area contributed by atoms with Crippen LogP contribution in [-0.2, 0) is 22.7 Å². The zero-order chi connectivity index (χ0) is 25.5. The highest BCUT2D eigenvalue weighted by molar-refractivity contribution is 6.36. The summed E-state index contributed by atoms with van der Waals surface area (Å²) >= 11 is 6.81. The third-order valence-corrected chi connectivity index (χ3v) is 7.02. The molecular formula is C27H25ClF2N2O3. The number of hydrogen-bond donors (Lipinski definition) is 1. The minimum Gasteiger partial charge on any atom is -0.481 e. The van der Waals surface area contributed by atoms with Gasteiger partial charge in [0.1, 0.15) is 0 Å². The third-order valence-electron chi connectivity index (χ3n) is 6.59. The number of pyridine rings is 1. The topological polar surface area (TPSA) is 62.7 Å². The van der Waals surface area contributed by atoms with E-state index in [2.05, 4.69) is 10.9 Å². The minimum absolute atomic E-state index is 0.0706. The largest absolute Gasteiger partial charge is 0.481 e. The summed E-state index contributed by atoms with van der Waals surface area (Å²) in [6.45, 7) is 3.05. The van der Waals surface area contributed by atoms with Crippen LogP contribution in [-0.4, -0.2) is 41.1 Å². The highest BCUT2D eigenvalue weighted by atomic mass is 35.5. The quantitative estimate of drug-likeness (QED) is 0.491. The number of terminal acetylenes is 1. The number of aromatic nitrogens is 1. The molecule has 2 heterocycles. The van der Waals surface area contributed by atoms with Crippen molar-refractivity contribution in [3.8, 4) is 18.2 Å². The Kier molecular flexibility index (Phi) is 6.48. The van der Waals surface area contributed by atoms with Crippen LogP contribution in [0.3, 0.4) is 0 Å². The van der Waals surface area contributed by atoms with Gasteiger partial charge in [-0.1, -0.05) is 47.9 Å². The molecule has 182 valence electrons. The van der Waals surface area contributed by atoms with E-state index in [1.165, 1.54) is 26.2 Å². The summed E-state index contributed by atoms with van der Waals surface area (Å²) in [6, 6.07) is 11.1. The Hall–Kier alpha value is -3.21. The maximum Gasteiger partial charge on any atom is 0.270 e. The number of carbonyl (C=O) groups excluding carboxylic acids is 1. The minimum atomic E-state index is -2.93. The van der Waals surface area contributed by atoms with Crippen molar-refractivity contribution in [2.45, 2.75) is 31.8 Å². The number of ether oxygens (including phenoxy) is 1. The fourth-order valence-corrected chi connectivity index (χ4v) is 4.66. The molecule has 35 heavy (non-hydrogen) atoms. The van der Waals surface area contributed by atoms with Crippen LogP contribution in [0.15, 0.2) is 42.5 Å². The van der Waals surface area contributed by atoms with E-state index in [0.29, 0.717) is 52.4 Å². The van der Waals surface area contributed by atoms with Gasteiger partial charge in [0.05, 0.1) is 17.6 Å². The van der Waals surface area contributed by atoms with Crippen molar-refractivity contribution in [3.63, 3.8) is 0 Å². The van der Waals surface area contributed by atoms with Gasteiger partial charge in [-0.2, -0.15) is 0 Å². The van der Waals surface area contributed by atoms with E-state index < -0.39 is 11.5 Å². The van der Waals surface area contributed by atoms with Crippen LogP contribution in [0.4, 0.5) is 8.78 Å². The number of hydrogen-bond acceptors (Lipinski definition) is 4. The second-order valence-electron chi connectivity index (χ2n) is 8.94. The average Bonchev–Trinajstić information content (AvgIpc) is 2.78. The lowest BCUT2D eigenvalue weighted by Crippen LogP contribution is -2.57. The predicted octanol–water partition coefficient (Wildman–Crippen LogP) is 4.90. The molecule has 0 saturated carbocycles. The lowest BCUT2D eigenvalue weighted by molar-refractivity contribution is -0.141. The number of amides is 1. The number of likely N-dealkylation sites (tertiary alicyclic amines) is 1. The van der Waals surface area contributed by atoms with Crippen LogP contribution in [0.1, 0.15) is 36.1 Å². The van der Waals surface area contributed by atoms with Crippen LogP contribution < -0.4 is 4.74 Å². The number of carbonyl (C=O) groups is 1. The fraction of sp³-hybridized carbons (Fsp3) is 0.333. The first kappa shape index (κ1) is 24.9. The summed E-state index contributed by atoms with van der Waals surface area (Å²) in [6.07, 6.45) is 6.05. The van der Waals surface area contributed by atoms with Gasteiger partial charge < -0.3 is 14.7 Å². The zero-order valence-electron chi connectivity index (χ0n) is 19.6. The molecule has 3 aromatic rings. The summed E-state index contributed by atoms with van der Waals surface area (Å²) in [7, 11) is 1.48. The highest BCUT2D eigenvalue weighted by Crippen LogP contribution is 2.40. The molecule has 1 unspecified atom stereocenters. The number of nitrogens with zero attached hydrogens (tertiary/aromatic N) is 2. The molecule has 0 bridgehead atoms. The van der Waals surface area contributed by atoms with Gasteiger partial charge in [0.15, 0.2) is 5.60 Å². The van der Waals surface area contributed by atoms with Crippen LogP contribution >= 0.6 is 11.6 Å². The Morgan fingerprint density at radius 3 is 2.43 bits per heavy atom. The van der Waals surface area contributed by atoms with Gasteiger partial charge in [-0.3, -0.25) is 4.79 Å². The van der Waals surface area contributed by atoms with E-state index in [9.17, 15) is 18.7 Å². The molecule has 1 fully saturated rings. The van der Waals surface area contributed by atoms with Crippen molar-refractivity contribution in [2.24, 2.45) is 5.92 Å². The van der Waals surface area contributed by atoms with E-state index in [-0.39, 0.29) is 17.4 Å². The SMILES string of the molecule is C#CC(O)(c1ccc2nc(OC)c(Cc3ccc(C(C)(F)F)cc3)c(Cl)c2c1)C1CN(C(C)=O)C1. The van der Waals surface area contributed by atoms with E-state index in [1.807, 2.05) is 0 Å². The molecule has 4 rings (SSSR count). The average molecular weight is 499 g/mol. The van der Waals surface area contributed by atoms with Gasteiger partial charge in [-0.25, -0.2) is 13.8 Å². The second kappa shape index (κ2) is 9.10. The van der Waals surface area contributed by atoms with Crippen molar-refractivity contribution in [3.05, 3.63) is 69.7 Å². The summed E-state index contributed by atoms with van der Waals surface area (Å²) in [5.41, 5.74) is 0.729. The molecule has 1 aromatic heterocycles. The smallest absolute Gasteiger partial charge is 0.270 e. The van der Waals surface area contributed by atoms with Crippen LogP contribution in [0.25, 0.3) is 10.9 Å². The Labute approximate surface area is 207 Å². The third kappa shape index (κ3) is 4.56. The Balaban J connectivity index is 1.72. The number of fused-ring (bicyclic) bond motifs is 1. The number of aliphatic hydroxyl groups is 1. The van der Waals surface area contributed by atoms with Crippen molar-refractivity contribution < 1.29 is 23.4 Å². The molecule has 8 heteroatoms. The number of methoxy groups -OCH3 is 1. The number of benzene rings is 2. The van der Waals surface area contributed by atoms with E-state index in [1.54, 1.807) is 35.2 Å². The molecule has 1 amide bonds. The molecule has 1 N–H and O–H groups in total. The molecular weight excluding hydrogens is 474 g/mol. The van der Waals surface area contributed by atoms with Crippen molar-refractivity contribution in [2.75, 3.05) is 20.2 Å². The fourth-order valence-electron chi connectivity index (χ4n) is 4.36. The number of rotatable bonds is 6. The molecule has 1 atom stereocenters. The molecule has 2 aromatic carbocycles. The molecule has 0 spiro atoms.